The van der Waals surface area contributed by atoms with Crippen LogP contribution in [0.5, 0.6) is 0 Å². The molecule has 136 valence electrons. The third-order valence-corrected chi connectivity index (χ3v) is 5.57. The van der Waals surface area contributed by atoms with Crippen LogP contribution in [0.1, 0.15) is 0 Å². The minimum absolute atomic E-state index is 0.268. The van der Waals surface area contributed by atoms with Gasteiger partial charge in [-0.2, -0.15) is 0 Å². The van der Waals surface area contributed by atoms with E-state index < -0.39 is 9.84 Å². The van der Waals surface area contributed by atoms with Crippen LogP contribution in [0, 0.1) is 0 Å². The van der Waals surface area contributed by atoms with Crippen molar-refractivity contribution in [2.45, 2.75) is 4.90 Å². The van der Waals surface area contributed by atoms with Gasteiger partial charge in [-0.05, 0) is 30.3 Å². The molecule has 1 N–H and O–H groups in total. The number of nitrogens with zero attached hydrogens (tertiary/aromatic N) is 1. The number of aromatic amines is 1. The van der Waals surface area contributed by atoms with E-state index in [-0.39, 0.29) is 4.90 Å². The second-order valence-electron chi connectivity index (χ2n) is 6.12. The van der Waals surface area contributed by atoms with Crippen molar-refractivity contribution in [1.82, 2.24) is 9.97 Å². The van der Waals surface area contributed by atoms with Gasteiger partial charge in [-0.15, -0.1) is 0 Å². The number of furan rings is 1. The van der Waals surface area contributed by atoms with Gasteiger partial charge in [-0.3, -0.25) is 0 Å². The minimum atomic E-state index is -3.25. The second-order valence-corrected chi connectivity index (χ2v) is 8.58. The van der Waals surface area contributed by atoms with Gasteiger partial charge < -0.3 is 9.40 Å². The summed E-state index contributed by atoms with van der Waals surface area (Å²) in [6.07, 6.45) is 4.38. The largest absolute Gasteiger partial charge is 0.472 e. The van der Waals surface area contributed by atoms with Crippen LogP contribution in [0.3, 0.4) is 0 Å². The molecule has 0 amide bonds. The molecule has 0 unspecified atom stereocenters. The Kier molecular flexibility index (Phi) is 4.37. The molecule has 5 nitrogen and oxygen atoms in total. The Bertz CT molecular complexity index is 1180. The summed E-state index contributed by atoms with van der Waals surface area (Å²) in [6, 6.07) is 15.9. The van der Waals surface area contributed by atoms with Gasteiger partial charge >= 0.3 is 0 Å². The Morgan fingerprint density at radius 3 is 2.19 bits per heavy atom. The molecule has 4 rings (SSSR count). The molecular formula is C20H15ClN2O3S. The standard InChI is InChI=1S/C20H15ClN2O3S/c1-27(24,25)17-8-4-14(5-9-17)19-18(13-2-6-16(21)7-3-13)22-20(23-19)15-10-11-26-12-15/h2-12H,1H3,(H,22,23). The third kappa shape index (κ3) is 3.54. The van der Waals surface area contributed by atoms with E-state index in [0.29, 0.717) is 16.5 Å². The van der Waals surface area contributed by atoms with E-state index in [1.807, 2.05) is 30.3 Å². The molecule has 0 saturated heterocycles. The number of benzene rings is 2. The number of aromatic nitrogens is 2. The first-order chi connectivity index (χ1) is 12.9. The number of H-pyrrole nitrogens is 1. The van der Waals surface area contributed by atoms with E-state index in [4.69, 9.17) is 21.0 Å². The molecule has 0 saturated carbocycles. The predicted molar refractivity (Wildman–Crippen MR) is 105 cm³/mol. The number of nitrogens with one attached hydrogen (secondary N) is 1. The van der Waals surface area contributed by atoms with Gasteiger partial charge in [0, 0.05) is 22.4 Å². The fourth-order valence-corrected chi connectivity index (χ4v) is 3.56. The van der Waals surface area contributed by atoms with Gasteiger partial charge in [0.25, 0.3) is 0 Å². The molecule has 7 heteroatoms. The summed E-state index contributed by atoms with van der Waals surface area (Å²) in [7, 11) is -3.25. The van der Waals surface area contributed by atoms with Crippen molar-refractivity contribution in [1.29, 1.82) is 0 Å². The number of hydrogen-bond acceptors (Lipinski definition) is 4. The van der Waals surface area contributed by atoms with E-state index in [2.05, 4.69) is 4.98 Å². The van der Waals surface area contributed by atoms with Gasteiger partial charge in [0.15, 0.2) is 9.84 Å². The van der Waals surface area contributed by atoms with Crippen molar-refractivity contribution >= 4 is 21.4 Å². The Morgan fingerprint density at radius 2 is 1.59 bits per heavy atom. The molecule has 0 bridgehead atoms. The van der Waals surface area contributed by atoms with Crippen LogP contribution >= 0.6 is 11.6 Å². The van der Waals surface area contributed by atoms with Crippen LogP contribution in [0.15, 0.2) is 76.4 Å². The fourth-order valence-electron chi connectivity index (χ4n) is 2.80. The van der Waals surface area contributed by atoms with Gasteiger partial charge in [-0.1, -0.05) is 35.9 Å². The number of rotatable bonds is 4. The van der Waals surface area contributed by atoms with E-state index in [1.54, 1.807) is 36.8 Å². The first-order valence-electron chi connectivity index (χ1n) is 8.11. The first-order valence-corrected chi connectivity index (χ1v) is 10.4. The maximum atomic E-state index is 11.7. The zero-order chi connectivity index (χ0) is 19.0. The molecule has 0 atom stereocenters. The number of hydrogen-bond donors (Lipinski definition) is 1. The van der Waals surface area contributed by atoms with E-state index >= 15 is 0 Å². The summed E-state index contributed by atoms with van der Waals surface area (Å²) >= 11 is 6.01. The summed E-state index contributed by atoms with van der Waals surface area (Å²) in [5, 5.41) is 0.646. The van der Waals surface area contributed by atoms with Crippen LogP contribution in [0.4, 0.5) is 0 Å². The van der Waals surface area contributed by atoms with Crippen molar-refractivity contribution < 1.29 is 12.8 Å². The molecule has 0 spiro atoms. The Labute approximate surface area is 161 Å². The van der Waals surface area contributed by atoms with Gasteiger partial charge in [-0.25, -0.2) is 13.4 Å². The first kappa shape index (κ1) is 17.6. The summed E-state index contributed by atoms with van der Waals surface area (Å²) in [4.78, 5) is 8.31. The third-order valence-electron chi connectivity index (χ3n) is 4.19. The highest BCUT2D eigenvalue weighted by atomic mass is 35.5. The normalized spacial score (nSPS) is 11.6. The SMILES string of the molecule is CS(=O)(=O)c1ccc(-c2nc(-c3ccoc3)[nH]c2-c2ccc(Cl)cc2)cc1. The molecule has 0 radical (unpaired) electrons. The fraction of sp³-hybridized carbons (Fsp3) is 0.0500. The maximum absolute atomic E-state index is 11.7. The number of sulfone groups is 1. The summed E-state index contributed by atoms with van der Waals surface area (Å²) < 4.78 is 28.6. The molecule has 27 heavy (non-hydrogen) atoms. The molecule has 0 aliphatic heterocycles. The molecule has 2 heterocycles. The van der Waals surface area contributed by atoms with Crippen molar-refractivity contribution in [3.05, 3.63) is 72.1 Å². The lowest BCUT2D eigenvalue weighted by atomic mass is 10.1. The summed E-state index contributed by atoms with van der Waals surface area (Å²) in [5.74, 6) is 0.663. The number of halogens is 1. The zero-order valence-corrected chi connectivity index (χ0v) is 15.9. The molecule has 2 aromatic heterocycles. The van der Waals surface area contributed by atoms with Crippen molar-refractivity contribution in [2.24, 2.45) is 0 Å². The predicted octanol–water partition coefficient (Wildman–Crippen LogP) is 5.06. The van der Waals surface area contributed by atoms with Crippen LogP contribution in [-0.4, -0.2) is 24.6 Å². The van der Waals surface area contributed by atoms with E-state index in [9.17, 15) is 8.42 Å². The van der Waals surface area contributed by atoms with Crippen molar-refractivity contribution in [3.63, 3.8) is 0 Å². The van der Waals surface area contributed by atoms with Gasteiger partial charge in [0.2, 0.25) is 0 Å². The average Bonchev–Trinajstić information content (AvgIpc) is 3.31. The summed E-state index contributed by atoms with van der Waals surface area (Å²) in [5.41, 5.74) is 4.08. The molecule has 2 aromatic carbocycles. The molecule has 0 fully saturated rings. The lowest BCUT2D eigenvalue weighted by Crippen LogP contribution is -1.96. The molecule has 0 aliphatic rings. The quantitative estimate of drug-likeness (QED) is 0.521. The lowest BCUT2D eigenvalue weighted by Gasteiger charge is -2.05. The van der Waals surface area contributed by atoms with Crippen LogP contribution < -0.4 is 0 Å². The smallest absolute Gasteiger partial charge is 0.175 e. The monoisotopic (exact) mass is 398 g/mol. The highest BCUT2D eigenvalue weighted by molar-refractivity contribution is 7.90. The van der Waals surface area contributed by atoms with E-state index in [1.165, 1.54) is 6.26 Å². The number of imidazole rings is 1. The molecule has 0 aliphatic carbocycles. The maximum Gasteiger partial charge on any atom is 0.175 e. The van der Waals surface area contributed by atoms with Crippen LogP contribution in [0.2, 0.25) is 5.02 Å². The average molecular weight is 399 g/mol. The van der Waals surface area contributed by atoms with Gasteiger partial charge in [0.05, 0.1) is 28.1 Å². The highest BCUT2D eigenvalue weighted by Gasteiger charge is 2.17. The lowest BCUT2D eigenvalue weighted by molar-refractivity contribution is 0.568. The minimum Gasteiger partial charge on any atom is -0.472 e. The second kappa shape index (κ2) is 6.72. The Morgan fingerprint density at radius 1 is 0.926 bits per heavy atom. The van der Waals surface area contributed by atoms with Gasteiger partial charge in [0.1, 0.15) is 12.1 Å². The topological polar surface area (TPSA) is 76.0 Å². The zero-order valence-electron chi connectivity index (χ0n) is 14.3. The summed E-state index contributed by atoms with van der Waals surface area (Å²) in [6.45, 7) is 0. The van der Waals surface area contributed by atoms with Crippen molar-refractivity contribution in [3.8, 4) is 33.9 Å². The Hall–Kier alpha value is -2.83. The highest BCUT2D eigenvalue weighted by Crippen LogP contribution is 2.34. The Balaban J connectivity index is 1.86. The molecule has 4 aromatic rings. The van der Waals surface area contributed by atoms with E-state index in [0.717, 1.165) is 22.4 Å². The van der Waals surface area contributed by atoms with Crippen molar-refractivity contribution in [2.75, 3.05) is 6.26 Å². The van der Waals surface area contributed by atoms with Crippen LogP contribution in [0.25, 0.3) is 33.9 Å². The van der Waals surface area contributed by atoms with Crippen LogP contribution in [-0.2, 0) is 9.84 Å². The molecular weight excluding hydrogens is 384 g/mol.